The Morgan fingerprint density at radius 2 is 1.90 bits per heavy atom. The molecule has 0 radical (unpaired) electrons. The molecule has 1 N–H and O–H groups in total. The van der Waals surface area contributed by atoms with E-state index in [9.17, 15) is 4.39 Å². The minimum absolute atomic E-state index is 0.0844. The van der Waals surface area contributed by atoms with Crippen molar-refractivity contribution < 1.29 is 4.39 Å². The van der Waals surface area contributed by atoms with Gasteiger partial charge in [-0.05, 0) is 56.8 Å². The SMILES string of the molecule is Fc1ccccc1SCCN(CC1CCNCC1)C1CC1. The zero-order valence-corrected chi connectivity index (χ0v) is 13.4. The van der Waals surface area contributed by atoms with Crippen molar-refractivity contribution in [3.8, 4) is 0 Å². The molecule has 0 aromatic heterocycles. The van der Waals surface area contributed by atoms with Gasteiger partial charge in [0.1, 0.15) is 5.82 Å². The van der Waals surface area contributed by atoms with Gasteiger partial charge in [-0.15, -0.1) is 11.8 Å². The minimum Gasteiger partial charge on any atom is -0.317 e. The van der Waals surface area contributed by atoms with E-state index in [-0.39, 0.29) is 5.82 Å². The summed E-state index contributed by atoms with van der Waals surface area (Å²) in [4.78, 5) is 3.44. The average molecular weight is 308 g/mol. The third-order valence-corrected chi connectivity index (χ3v) is 5.52. The van der Waals surface area contributed by atoms with Crippen LogP contribution in [-0.2, 0) is 0 Å². The highest BCUT2D eigenvalue weighted by molar-refractivity contribution is 7.99. The summed E-state index contributed by atoms with van der Waals surface area (Å²) in [5.41, 5.74) is 0. The summed E-state index contributed by atoms with van der Waals surface area (Å²) < 4.78 is 13.6. The summed E-state index contributed by atoms with van der Waals surface area (Å²) >= 11 is 1.65. The van der Waals surface area contributed by atoms with Crippen LogP contribution in [0.2, 0.25) is 0 Å². The molecule has 0 bridgehead atoms. The lowest BCUT2D eigenvalue weighted by Crippen LogP contribution is -2.38. The van der Waals surface area contributed by atoms with Crippen LogP contribution in [0.4, 0.5) is 4.39 Å². The number of rotatable bonds is 7. The van der Waals surface area contributed by atoms with Crippen molar-refractivity contribution in [2.45, 2.75) is 36.6 Å². The number of thioether (sulfide) groups is 1. The van der Waals surface area contributed by atoms with Crippen molar-refractivity contribution in [2.24, 2.45) is 5.92 Å². The number of halogens is 1. The topological polar surface area (TPSA) is 15.3 Å². The fraction of sp³-hybridized carbons (Fsp3) is 0.647. The molecule has 1 saturated carbocycles. The normalized spacial score (nSPS) is 20.1. The highest BCUT2D eigenvalue weighted by atomic mass is 32.2. The third-order valence-electron chi connectivity index (χ3n) is 4.49. The summed E-state index contributed by atoms with van der Waals surface area (Å²) in [6, 6.07) is 7.91. The largest absolute Gasteiger partial charge is 0.317 e. The first-order valence-corrected chi connectivity index (χ1v) is 9.13. The lowest BCUT2D eigenvalue weighted by molar-refractivity contribution is 0.207. The van der Waals surface area contributed by atoms with Crippen LogP contribution in [0.5, 0.6) is 0 Å². The molecule has 1 saturated heterocycles. The van der Waals surface area contributed by atoms with Crippen LogP contribution < -0.4 is 5.32 Å². The Morgan fingerprint density at radius 1 is 1.14 bits per heavy atom. The minimum atomic E-state index is -0.0844. The third kappa shape index (κ3) is 4.70. The second-order valence-corrected chi connectivity index (χ2v) is 7.34. The van der Waals surface area contributed by atoms with Crippen molar-refractivity contribution in [3.63, 3.8) is 0 Å². The number of hydrogen-bond acceptors (Lipinski definition) is 3. The van der Waals surface area contributed by atoms with Gasteiger partial charge >= 0.3 is 0 Å². The molecule has 1 heterocycles. The molecule has 1 aromatic rings. The zero-order chi connectivity index (χ0) is 14.5. The summed E-state index contributed by atoms with van der Waals surface area (Å²) in [6.07, 6.45) is 5.33. The molecule has 3 rings (SSSR count). The van der Waals surface area contributed by atoms with E-state index in [1.54, 1.807) is 23.9 Å². The zero-order valence-electron chi connectivity index (χ0n) is 12.6. The van der Waals surface area contributed by atoms with Crippen molar-refractivity contribution in [1.82, 2.24) is 10.2 Å². The molecule has 2 fully saturated rings. The van der Waals surface area contributed by atoms with Gasteiger partial charge in [-0.2, -0.15) is 0 Å². The van der Waals surface area contributed by atoms with E-state index in [1.165, 1.54) is 45.3 Å². The fourth-order valence-electron chi connectivity index (χ4n) is 3.09. The van der Waals surface area contributed by atoms with Crippen LogP contribution in [-0.4, -0.2) is 42.9 Å². The van der Waals surface area contributed by atoms with Crippen LogP contribution in [0, 0.1) is 11.7 Å². The number of piperidine rings is 1. The Balaban J connectivity index is 1.45. The molecule has 2 nitrogen and oxygen atoms in total. The smallest absolute Gasteiger partial charge is 0.136 e. The Kier molecular flexibility index (Phi) is 5.55. The highest BCUT2D eigenvalue weighted by Crippen LogP contribution is 2.30. The second-order valence-electron chi connectivity index (χ2n) is 6.20. The van der Waals surface area contributed by atoms with Gasteiger partial charge in [0.05, 0.1) is 0 Å². The number of benzene rings is 1. The summed E-state index contributed by atoms with van der Waals surface area (Å²) in [6.45, 7) is 4.68. The second kappa shape index (κ2) is 7.61. The molecular formula is C17H25FN2S. The maximum Gasteiger partial charge on any atom is 0.136 e. The molecule has 0 unspecified atom stereocenters. The van der Waals surface area contributed by atoms with Gasteiger partial charge in [0.25, 0.3) is 0 Å². The van der Waals surface area contributed by atoms with Crippen molar-refractivity contribution in [1.29, 1.82) is 0 Å². The van der Waals surface area contributed by atoms with Crippen LogP contribution in [0.15, 0.2) is 29.2 Å². The molecule has 4 heteroatoms. The van der Waals surface area contributed by atoms with Crippen LogP contribution in [0.3, 0.4) is 0 Å². The molecule has 1 aliphatic carbocycles. The maximum atomic E-state index is 13.6. The summed E-state index contributed by atoms with van der Waals surface area (Å²) in [7, 11) is 0. The van der Waals surface area contributed by atoms with Crippen molar-refractivity contribution in [2.75, 3.05) is 31.9 Å². The van der Waals surface area contributed by atoms with Gasteiger partial charge in [0.15, 0.2) is 0 Å². The van der Waals surface area contributed by atoms with Crippen LogP contribution in [0.25, 0.3) is 0 Å². The monoisotopic (exact) mass is 308 g/mol. The Bertz CT molecular complexity index is 444. The molecule has 0 spiro atoms. The maximum absolute atomic E-state index is 13.6. The van der Waals surface area contributed by atoms with Gasteiger partial charge in [-0.25, -0.2) is 4.39 Å². The van der Waals surface area contributed by atoms with E-state index in [4.69, 9.17) is 0 Å². The first-order chi connectivity index (χ1) is 10.3. The van der Waals surface area contributed by atoms with Gasteiger partial charge in [0, 0.05) is 29.8 Å². The molecule has 2 aliphatic rings. The van der Waals surface area contributed by atoms with Gasteiger partial charge in [-0.1, -0.05) is 12.1 Å². The van der Waals surface area contributed by atoms with Crippen molar-refractivity contribution in [3.05, 3.63) is 30.1 Å². The number of nitrogens with one attached hydrogen (secondary N) is 1. The van der Waals surface area contributed by atoms with E-state index in [0.717, 1.165) is 29.2 Å². The Labute approximate surface area is 131 Å². The molecule has 116 valence electrons. The predicted octanol–water partition coefficient (Wildman–Crippen LogP) is 3.38. The van der Waals surface area contributed by atoms with Gasteiger partial charge in [0.2, 0.25) is 0 Å². The summed E-state index contributed by atoms with van der Waals surface area (Å²) in [5, 5.41) is 3.44. The lowest BCUT2D eigenvalue weighted by Gasteiger charge is -2.30. The van der Waals surface area contributed by atoms with E-state index < -0.39 is 0 Å². The van der Waals surface area contributed by atoms with Crippen LogP contribution in [0.1, 0.15) is 25.7 Å². The Hall–Kier alpha value is -0.580. The lowest BCUT2D eigenvalue weighted by atomic mass is 9.97. The van der Waals surface area contributed by atoms with E-state index in [0.29, 0.717) is 0 Å². The van der Waals surface area contributed by atoms with Crippen LogP contribution >= 0.6 is 11.8 Å². The van der Waals surface area contributed by atoms with E-state index >= 15 is 0 Å². The molecule has 0 atom stereocenters. The predicted molar refractivity (Wildman–Crippen MR) is 87.3 cm³/mol. The molecular weight excluding hydrogens is 283 g/mol. The first-order valence-electron chi connectivity index (χ1n) is 8.15. The van der Waals surface area contributed by atoms with E-state index in [1.807, 2.05) is 12.1 Å². The average Bonchev–Trinajstić information content (AvgIpc) is 3.34. The summed E-state index contributed by atoms with van der Waals surface area (Å²) in [5.74, 6) is 1.76. The standard InChI is InChI=1S/C17H25FN2S/c18-16-3-1-2-4-17(16)21-12-11-20(15-5-6-15)13-14-7-9-19-10-8-14/h1-4,14-15,19H,5-13H2. The highest BCUT2D eigenvalue weighted by Gasteiger charge is 2.30. The van der Waals surface area contributed by atoms with Gasteiger partial charge < -0.3 is 5.32 Å². The van der Waals surface area contributed by atoms with Gasteiger partial charge in [-0.3, -0.25) is 4.90 Å². The fourth-order valence-corrected chi connectivity index (χ4v) is 4.02. The molecule has 1 aliphatic heterocycles. The number of nitrogens with zero attached hydrogens (tertiary/aromatic N) is 1. The molecule has 1 aromatic carbocycles. The molecule has 0 amide bonds. The molecule has 21 heavy (non-hydrogen) atoms. The Morgan fingerprint density at radius 3 is 2.62 bits per heavy atom. The van der Waals surface area contributed by atoms with Crippen molar-refractivity contribution >= 4 is 11.8 Å². The first kappa shape index (κ1) is 15.3. The van der Waals surface area contributed by atoms with E-state index in [2.05, 4.69) is 10.2 Å². The quantitative estimate of drug-likeness (QED) is 0.777. The number of hydrogen-bond donors (Lipinski definition) is 1.